The first kappa shape index (κ1) is 24.9. The van der Waals surface area contributed by atoms with Crippen LogP contribution in [0, 0.1) is 0 Å². The van der Waals surface area contributed by atoms with Gasteiger partial charge in [0.05, 0.1) is 16.8 Å². The number of imidazole rings is 1. The minimum atomic E-state index is -4.57. The van der Waals surface area contributed by atoms with Crippen molar-refractivity contribution in [1.29, 1.82) is 0 Å². The van der Waals surface area contributed by atoms with Crippen LogP contribution in [0.4, 0.5) is 24.9 Å². The Hall–Kier alpha value is -4.81. The van der Waals surface area contributed by atoms with E-state index < -0.39 is 17.6 Å². The van der Waals surface area contributed by atoms with Gasteiger partial charge in [-0.05, 0) is 42.8 Å². The Kier molecular flexibility index (Phi) is 6.27. The number of anilines is 2. The Balaban J connectivity index is 1.42. The van der Waals surface area contributed by atoms with Crippen LogP contribution in [0.5, 0.6) is 0 Å². The van der Waals surface area contributed by atoms with Crippen molar-refractivity contribution in [3.05, 3.63) is 78.5 Å². The van der Waals surface area contributed by atoms with Crippen LogP contribution in [0.1, 0.15) is 34.1 Å². The topological polar surface area (TPSA) is 131 Å². The zero-order valence-electron chi connectivity index (χ0n) is 19.8. The van der Waals surface area contributed by atoms with E-state index in [2.05, 4.69) is 26.8 Å². The van der Waals surface area contributed by atoms with E-state index in [-0.39, 0.29) is 29.3 Å². The molecule has 38 heavy (non-hydrogen) atoms. The second-order valence-corrected chi connectivity index (χ2v) is 8.63. The molecular weight excluding hydrogens is 501 g/mol. The summed E-state index contributed by atoms with van der Waals surface area (Å²) in [4.78, 5) is 43.3. The molecule has 1 aliphatic heterocycles. The Morgan fingerprint density at radius 2 is 1.92 bits per heavy atom. The Bertz CT molecular complexity index is 1550. The minimum absolute atomic E-state index is 0.0255. The fraction of sp³-hybridized carbons (Fsp3) is 0.200. The molecule has 5 heterocycles. The van der Waals surface area contributed by atoms with Crippen molar-refractivity contribution < 1.29 is 22.8 Å². The largest absolute Gasteiger partial charge is 0.416 e. The molecule has 1 saturated heterocycles. The van der Waals surface area contributed by atoms with Crippen molar-refractivity contribution in [2.24, 2.45) is 0 Å². The predicted molar refractivity (Wildman–Crippen MR) is 132 cm³/mol. The highest BCUT2D eigenvalue weighted by molar-refractivity contribution is 6.02. The van der Waals surface area contributed by atoms with Gasteiger partial charge in [-0.3, -0.25) is 19.0 Å². The Morgan fingerprint density at radius 1 is 1.13 bits per heavy atom. The zero-order valence-corrected chi connectivity index (χ0v) is 19.8. The number of halogens is 3. The van der Waals surface area contributed by atoms with E-state index in [9.17, 15) is 22.8 Å². The number of rotatable bonds is 5. The number of carbonyl (C=O) groups is 2. The van der Waals surface area contributed by atoms with Crippen LogP contribution in [-0.2, 0) is 11.0 Å². The number of pyridine rings is 2. The highest BCUT2D eigenvalue weighted by Crippen LogP contribution is 2.34. The molecule has 1 unspecified atom stereocenters. The van der Waals surface area contributed by atoms with Gasteiger partial charge in [0.25, 0.3) is 5.91 Å². The maximum atomic E-state index is 12.9. The van der Waals surface area contributed by atoms with E-state index in [1.807, 2.05) is 0 Å². The van der Waals surface area contributed by atoms with Gasteiger partial charge in [0, 0.05) is 43.2 Å². The van der Waals surface area contributed by atoms with Crippen LogP contribution in [0.15, 0.2) is 61.6 Å². The molecule has 0 aliphatic carbocycles. The summed E-state index contributed by atoms with van der Waals surface area (Å²) in [5, 5.41) is 2.33. The minimum Gasteiger partial charge on any atom is -0.369 e. The number of nitrogens with zero attached hydrogens (tertiary/aromatic N) is 6. The number of hydrogen-bond donors (Lipinski definition) is 2. The number of aromatic nitrogens is 5. The summed E-state index contributed by atoms with van der Waals surface area (Å²) < 4.78 is 40.5. The second kappa shape index (κ2) is 9.57. The summed E-state index contributed by atoms with van der Waals surface area (Å²) in [6.07, 6.45) is 1.40. The Morgan fingerprint density at radius 3 is 2.63 bits per heavy atom. The summed E-state index contributed by atoms with van der Waals surface area (Å²) >= 11 is 0. The van der Waals surface area contributed by atoms with Crippen LogP contribution >= 0.6 is 0 Å². The molecule has 194 valence electrons. The third kappa shape index (κ3) is 4.65. The van der Waals surface area contributed by atoms with Gasteiger partial charge in [0.2, 0.25) is 11.9 Å². The normalized spacial score (nSPS) is 15.6. The molecule has 10 nitrogen and oxygen atoms in total. The summed E-state index contributed by atoms with van der Waals surface area (Å²) in [7, 11) is 0. The third-order valence-electron chi connectivity index (χ3n) is 6.25. The molecule has 2 amide bonds. The van der Waals surface area contributed by atoms with Crippen LogP contribution in [0.3, 0.4) is 0 Å². The fourth-order valence-corrected chi connectivity index (χ4v) is 4.41. The maximum absolute atomic E-state index is 12.9. The summed E-state index contributed by atoms with van der Waals surface area (Å²) in [5.74, 6) is -0.493. The average Bonchev–Trinajstić information content (AvgIpc) is 3.54. The summed E-state index contributed by atoms with van der Waals surface area (Å²) in [6.45, 7) is 4.61. The van der Waals surface area contributed by atoms with Crippen LogP contribution in [0.2, 0.25) is 0 Å². The number of likely N-dealkylation sites (tertiary alicyclic amines) is 1. The van der Waals surface area contributed by atoms with Crippen LogP contribution in [-0.4, -0.2) is 54.1 Å². The van der Waals surface area contributed by atoms with Crippen molar-refractivity contribution in [3.63, 3.8) is 0 Å². The highest BCUT2D eigenvalue weighted by atomic mass is 19.4. The molecule has 5 rings (SSSR count). The number of nitrogens with two attached hydrogens (primary N) is 1. The molecule has 0 spiro atoms. The number of nitrogen functional groups attached to an aromatic ring is 1. The molecule has 0 radical (unpaired) electrons. The van der Waals surface area contributed by atoms with Crippen LogP contribution < -0.4 is 11.1 Å². The third-order valence-corrected chi connectivity index (χ3v) is 6.25. The number of alkyl halides is 3. The fourth-order valence-electron chi connectivity index (χ4n) is 4.41. The van der Waals surface area contributed by atoms with Crippen molar-refractivity contribution in [1.82, 2.24) is 29.2 Å². The molecule has 1 aliphatic rings. The molecular formula is C25H21F3N8O2. The second-order valence-electron chi connectivity index (χ2n) is 8.63. The molecule has 4 aromatic heterocycles. The monoisotopic (exact) mass is 522 g/mol. The summed E-state index contributed by atoms with van der Waals surface area (Å²) in [5.41, 5.74) is 7.24. The van der Waals surface area contributed by atoms with E-state index in [0.29, 0.717) is 24.5 Å². The number of hydrogen-bond acceptors (Lipinski definition) is 7. The number of fused-ring (bicyclic) bond motifs is 1. The SMILES string of the molecule is C=CC(=O)N1CCC(c2nc(-c3ccc(C(=O)Nc4cc(C(F)(F)F)ccn4)nc3)n3c(N)nccc23)C1. The van der Waals surface area contributed by atoms with Crippen molar-refractivity contribution in [2.75, 3.05) is 24.1 Å². The summed E-state index contributed by atoms with van der Waals surface area (Å²) in [6, 6.07) is 6.37. The lowest BCUT2D eigenvalue weighted by molar-refractivity contribution is -0.137. The van der Waals surface area contributed by atoms with Crippen molar-refractivity contribution in [3.8, 4) is 11.4 Å². The van der Waals surface area contributed by atoms with Gasteiger partial charge in [0.1, 0.15) is 17.3 Å². The first-order chi connectivity index (χ1) is 18.2. The average molecular weight is 522 g/mol. The van der Waals surface area contributed by atoms with Gasteiger partial charge >= 0.3 is 6.18 Å². The van der Waals surface area contributed by atoms with E-state index in [0.717, 1.165) is 36.0 Å². The Labute approximate surface area is 214 Å². The molecule has 4 aromatic rings. The number of carbonyl (C=O) groups excluding carboxylic acids is 2. The van der Waals surface area contributed by atoms with Gasteiger partial charge < -0.3 is 16.0 Å². The standard InChI is InChI=1S/C25H21F3N8O2/c1-2-20(37)35-10-7-15(13-35)21-18-6-9-31-24(29)36(18)22(34-21)14-3-4-17(32-12-14)23(38)33-19-11-16(5-8-30-19)25(26,27)28/h2-6,8-9,11-12,15H,1,7,10,13H2,(H2,29,31)(H,30,33,38). The molecule has 1 fully saturated rings. The lowest BCUT2D eigenvalue weighted by Crippen LogP contribution is -2.26. The molecule has 3 N–H and O–H groups in total. The highest BCUT2D eigenvalue weighted by Gasteiger charge is 2.32. The maximum Gasteiger partial charge on any atom is 0.416 e. The smallest absolute Gasteiger partial charge is 0.369 e. The van der Waals surface area contributed by atoms with Gasteiger partial charge in [0.15, 0.2) is 0 Å². The van der Waals surface area contributed by atoms with E-state index in [4.69, 9.17) is 10.7 Å². The van der Waals surface area contributed by atoms with Crippen LogP contribution in [0.25, 0.3) is 16.9 Å². The lowest BCUT2D eigenvalue weighted by atomic mass is 10.0. The zero-order chi connectivity index (χ0) is 27.0. The quantitative estimate of drug-likeness (QED) is 0.383. The van der Waals surface area contributed by atoms with E-state index in [1.54, 1.807) is 27.6 Å². The van der Waals surface area contributed by atoms with Gasteiger partial charge in [-0.15, -0.1) is 0 Å². The van der Waals surface area contributed by atoms with E-state index >= 15 is 0 Å². The first-order valence-electron chi connectivity index (χ1n) is 11.5. The lowest BCUT2D eigenvalue weighted by Gasteiger charge is -2.13. The first-order valence-corrected chi connectivity index (χ1v) is 11.5. The molecule has 0 bridgehead atoms. The van der Waals surface area contributed by atoms with Crippen molar-refractivity contribution in [2.45, 2.75) is 18.5 Å². The van der Waals surface area contributed by atoms with Gasteiger partial charge in [-0.1, -0.05) is 6.58 Å². The predicted octanol–water partition coefficient (Wildman–Crippen LogP) is 3.54. The molecule has 13 heteroatoms. The molecule has 0 saturated carbocycles. The number of nitrogens with one attached hydrogen (secondary N) is 1. The van der Waals surface area contributed by atoms with Gasteiger partial charge in [-0.25, -0.2) is 15.0 Å². The van der Waals surface area contributed by atoms with E-state index in [1.165, 1.54) is 18.3 Å². The van der Waals surface area contributed by atoms with Gasteiger partial charge in [-0.2, -0.15) is 13.2 Å². The molecule has 1 atom stereocenters. The number of amides is 2. The van der Waals surface area contributed by atoms with Crippen molar-refractivity contribution >= 4 is 29.1 Å². The molecule has 0 aromatic carbocycles.